The third kappa shape index (κ3) is 3.17. The van der Waals surface area contributed by atoms with Gasteiger partial charge in [0.15, 0.2) is 0 Å². The first-order chi connectivity index (χ1) is 13.2. The molecule has 0 aliphatic carbocycles. The summed E-state index contributed by atoms with van der Waals surface area (Å²) in [6.45, 7) is 5.25. The van der Waals surface area contributed by atoms with E-state index in [2.05, 4.69) is 112 Å². The van der Waals surface area contributed by atoms with Crippen LogP contribution in [0.1, 0.15) is 6.92 Å². The topological polar surface area (TPSA) is 4.93 Å². The second-order valence-electron chi connectivity index (χ2n) is 6.45. The Morgan fingerprint density at radius 2 is 1.41 bits per heavy atom. The SMILES string of the molecule is Brc1ccc2c(c1)c1ccccc1n2-c1ccc2ccccc2c1.C=CC. The highest BCUT2D eigenvalue weighted by molar-refractivity contribution is 9.10. The number of hydrogen-bond donors (Lipinski definition) is 0. The lowest BCUT2D eigenvalue weighted by Crippen LogP contribution is -1.93. The molecule has 0 N–H and O–H groups in total. The largest absolute Gasteiger partial charge is 0.309 e. The summed E-state index contributed by atoms with van der Waals surface area (Å²) in [5.74, 6) is 0. The summed E-state index contributed by atoms with van der Waals surface area (Å²) in [5, 5.41) is 5.08. The quantitative estimate of drug-likeness (QED) is 0.246. The highest BCUT2D eigenvalue weighted by atomic mass is 79.9. The molecule has 0 fully saturated rings. The van der Waals surface area contributed by atoms with Crippen LogP contribution in [0.15, 0.2) is 102 Å². The molecule has 0 saturated carbocycles. The van der Waals surface area contributed by atoms with Crippen molar-refractivity contribution in [3.8, 4) is 5.69 Å². The van der Waals surface area contributed by atoms with E-state index in [4.69, 9.17) is 0 Å². The molecule has 2 heteroatoms. The average molecular weight is 414 g/mol. The van der Waals surface area contributed by atoms with Crippen LogP contribution in [0.3, 0.4) is 0 Å². The maximum Gasteiger partial charge on any atom is 0.0541 e. The number of rotatable bonds is 1. The first-order valence-electron chi connectivity index (χ1n) is 8.98. The van der Waals surface area contributed by atoms with Gasteiger partial charge in [0.2, 0.25) is 0 Å². The molecule has 0 aliphatic rings. The van der Waals surface area contributed by atoms with Crippen LogP contribution in [-0.4, -0.2) is 4.57 Å². The standard InChI is InChI=1S/C22H14BrN.C3H6/c23-17-10-12-22-20(14-17)19-7-3-4-8-21(19)24(22)18-11-9-15-5-1-2-6-16(15)13-18;1-3-2/h1-14H;3H,1H2,2H3. The first kappa shape index (κ1) is 17.6. The lowest BCUT2D eigenvalue weighted by Gasteiger charge is -2.09. The van der Waals surface area contributed by atoms with Crippen LogP contribution in [0.4, 0.5) is 0 Å². The molecule has 0 saturated heterocycles. The number of benzene rings is 4. The van der Waals surface area contributed by atoms with Crippen LogP contribution in [0.25, 0.3) is 38.3 Å². The molecule has 1 aromatic heterocycles. The number of aromatic nitrogens is 1. The maximum absolute atomic E-state index is 3.61. The van der Waals surface area contributed by atoms with Gasteiger partial charge in [-0.3, -0.25) is 0 Å². The molecular formula is C25H20BrN. The van der Waals surface area contributed by atoms with Crippen molar-refractivity contribution in [2.75, 3.05) is 0 Å². The van der Waals surface area contributed by atoms with Crippen LogP contribution in [-0.2, 0) is 0 Å². The lowest BCUT2D eigenvalue weighted by molar-refractivity contribution is 1.19. The first-order valence-corrected chi connectivity index (χ1v) is 9.77. The van der Waals surface area contributed by atoms with Crippen molar-refractivity contribution < 1.29 is 0 Å². The molecule has 132 valence electrons. The monoisotopic (exact) mass is 413 g/mol. The van der Waals surface area contributed by atoms with Crippen molar-refractivity contribution in [1.29, 1.82) is 0 Å². The zero-order valence-corrected chi connectivity index (χ0v) is 16.8. The van der Waals surface area contributed by atoms with Gasteiger partial charge in [-0.1, -0.05) is 70.5 Å². The minimum atomic E-state index is 1.11. The second kappa shape index (κ2) is 7.42. The summed E-state index contributed by atoms with van der Waals surface area (Å²) in [4.78, 5) is 0. The Kier molecular flexibility index (Phi) is 4.83. The molecule has 0 bridgehead atoms. The molecule has 0 unspecified atom stereocenters. The van der Waals surface area contributed by atoms with Gasteiger partial charge in [-0.2, -0.15) is 0 Å². The summed E-state index contributed by atoms with van der Waals surface area (Å²) < 4.78 is 3.46. The summed E-state index contributed by atoms with van der Waals surface area (Å²) in [7, 11) is 0. The van der Waals surface area contributed by atoms with Gasteiger partial charge in [0.25, 0.3) is 0 Å². The molecule has 1 nitrogen and oxygen atoms in total. The number of allylic oxidation sites excluding steroid dienone is 1. The fourth-order valence-electron chi connectivity index (χ4n) is 3.54. The van der Waals surface area contributed by atoms with Gasteiger partial charge in [-0.15, -0.1) is 6.58 Å². The fraction of sp³-hybridized carbons (Fsp3) is 0.0400. The van der Waals surface area contributed by atoms with E-state index in [-0.39, 0.29) is 0 Å². The maximum atomic E-state index is 3.61. The predicted molar refractivity (Wildman–Crippen MR) is 122 cm³/mol. The van der Waals surface area contributed by atoms with Crippen molar-refractivity contribution in [2.24, 2.45) is 0 Å². The van der Waals surface area contributed by atoms with Gasteiger partial charge in [0.05, 0.1) is 11.0 Å². The van der Waals surface area contributed by atoms with E-state index < -0.39 is 0 Å². The molecule has 27 heavy (non-hydrogen) atoms. The van der Waals surface area contributed by atoms with Crippen molar-refractivity contribution in [3.63, 3.8) is 0 Å². The Balaban J connectivity index is 0.000000565. The fourth-order valence-corrected chi connectivity index (χ4v) is 3.90. The summed E-state index contributed by atoms with van der Waals surface area (Å²) in [6, 6.07) is 30.3. The molecule has 0 radical (unpaired) electrons. The normalized spacial score (nSPS) is 10.7. The Hall–Kier alpha value is -2.84. The second-order valence-corrected chi connectivity index (χ2v) is 7.37. The van der Waals surface area contributed by atoms with Crippen molar-refractivity contribution in [1.82, 2.24) is 4.57 Å². The Bertz CT molecular complexity index is 1260. The molecule has 0 aliphatic heterocycles. The van der Waals surface area contributed by atoms with Crippen molar-refractivity contribution in [3.05, 3.63) is 102 Å². The van der Waals surface area contributed by atoms with Gasteiger partial charge in [0.1, 0.15) is 0 Å². The highest BCUT2D eigenvalue weighted by Gasteiger charge is 2.12. The van der Waals surface area contributed by atoms with E-state index in [1.807, 2.05) is 6.92 Å². The van der Waals surface area contributed by atoms with E-state index in [1.165, 1.54) is 38.3 Å². The summed E-state index contributed by atoms with van der Waals surface area (Å²) in [6.07, 6.45) is 1.75. The predicted octanol–water partition coefficient (Wildman–Crippen LogP) is 7.89. The zero-order chi connectivity index (χ0) is 18.8. The average Bonchev–Trinajstić information content (AvgIpc) is 3.02. The minimum Gasteiger partial charge on any atom is -0.309 e. The number of hydrogen-bond acceptors (Lipinski definition) is 0. The Morgan fingerprint density at radius 1 is 0.741 bits per heavy atom. The molecule has 5 rings (SSSR count). The van der Waals surface area contributed by atoms with E-state index in [9.17, 15) is 0 Å². The minimum absolute atomic E-state index is 1.11. The van der Waals surface area contributed by atoms with E-state index in [1.54, 1.807) is 6.08 Å². The van der Waals surface area contributed by atoms with Gasteiger partial charge in [-0.05, 0) is 54.1 Å². The van der Waals surface area contributed by atoms with E-state index >= 15 is 0 Å². The van der Waals surface area contributed by atoms with Gasteiger partial charge in [-0.25, -0.2) is 0 Å². The van der Waals surface area contributed by atoms with E-state index in [0.29, 0.717) is 0 Å². The molecular weight excluding hydrogens is 394 g/mol. The highest BCUT2D eigenvalue weighted by Crippen LogP contribution is 2.34. The van der Waals surface area contributed by atoms with Gasteiger partial charge < -0.3 is 4.57 Å². The van der Waals surface area contributed by atoms with Crippen molar-refractivity contribution in [2.45, 2.75) is 6.92 Å². The number of fused-ring (bicyclic) bond motifs is 4. The van der Waals surface area contributed by atoms with Crippen molar-refractivity contribution >= 4 is 48.5 Å². The third-order valence-corrected chi connectivity index (χ3v) is 5.12. The molecule has 0 atom stereocenters. The van der Waals surface area contributed by atoms with Crippen LogP contribution >= 0.6 is 15.9 Å². The summed E-state index contributed by atoms with van der Waals surface area (Å²) >= 11 is 3.61. The molecule has 0 spiro atoms. The lowest BCUT2D eigenvalue weighted by atomic mass is 10.1. The van der Waals surface area contributed by atoms with Gasteiger partial charge in [0, 0.05) is 20.9 Å². The van der Waals surface area contributed by atoms with Crippen LogP contribution < -0.4 is 0 Å². The number of para-hydroxylation sites is 1. The molecule has 0 amide bonds. The van der Waals surface area contributed by atoms with Gasteiger partial charge >= 0.3 is 0 Å². The third-order valence-electron chi connectivity index (χ3n) is 4.63. The van der Waals surface area contributed by atoms with Crippen LogP contribution in [0.2, 0.25) is 0 Å². The van der Waals surface area contributed by atoms with Crippen LogP contribution in [0, 0.1) is 0 Å². The summed E-state index contributed by atoms with van der Waals surface area (Å²) in [5.41, 5.74) is 3.66. The molecule has 4 aromatic carbocycles. The number of halogens is 1. The number of nitrogens with zero attached hydrogens (tertiary/aromatic N) is 1. The molecule has 5 aromatic rings. The van der Waals surface area contributed by atoms with Crippen LogP contribution in [0.5, 0.6) is 0 Å². The Morgan fingerprint density at radius 3 is 2.22 bits per heavy atom. The smallest absolute Gasteiger partial charge is 0.0541 e. The Labute approximate surface area is 167 Å². The van der Waals surface area contributed by atoms with E-state index in [0.717, 1.165) is 4.47 Å². The molecule has 1 heterocycles. The zero-order valence-electron chi connectivity index (χ0n) is 15.2.